The molecule has 0 unspecified atom stereocenters. The Morgan fingerprint density at radius 3 is 2.20 bits per heavy atom. The molecule has 0 atom stereocenters. The smallest absolute Gasteiger partial charge is 0.336 e. The molecule has 2 aromatic carbocycles. The molecule has 7 nitrogen and oxygen atoms in total. The predicted octanol–water partition coefficient (Wildman–Crippen LogP) is 1.28. The number of carbonyl (C=O) groups is 2. The normalized spacial score (nSPS) is 11.4. The lowest BCUT2D eigenvalue weighted by Crippen LogP contribution is -2.05. The second-order valence-electron chi connectivity index (χ2n) is 3.89. The van der Waals surface area contributed by atoms with Gasteiger partial charge in [0.25, 0.3) is 10.1 Å². The number of fused-ring (bicyclic) bond motifs is 1. The number of benzene rings is 2. The van der Waals surface area contributed by atoms with E-state index in [9.17, 15) is 18.0 Å². The number of carboxylic acids is 2. The van der Waals surface area contributed by atoms with Crippen LogP contribution in [0.25, 0.3) is 10.8 Å². The standard InChI is InChI=1S/C12H7O7S/c13-11(14)6-1-2-9-7(3-6)4-8(12(15)16)5-10(9)20(17,18)19/h1-3,5H,(H,13,14)(H,15,16)(H,17,18,19). The molecule has 0 fully saturated rings. The SMILES string of the molecule is O=C(O)c1[c]c2cc(C(=O)O)ccc2c(S(=O)(=O)O)c1. The molecule has 0 amide bonds. The highest BCUT2D eigenvalue weighted by atomic mass is 32.2. The van der Waals surface area contributed by atoms with Gasteiger partial charge >= 0.3 is 11.9 Å². The first-order chi connectivity index (χ1) is 9.20. The maximum atomic E-state index is 11.3. The third kappa shape index (κ3) is 2.46. The third-order valence-electron chi connectivity index (χ3n) is 2.59. The topological polar surface area (TPSA) is 129 Å². The molecule has 103 valence electrons. The Bertz CT molecular complexity index is 831. The quantitative estimate of drug-likeness (QED) is 0.727. The summed E-state index contributed by atoms with van der Waals surface area (Å²) in [6.07, 6.45) is 0. The Balaban J connectivity index is 2.91. The number of aromatic carboxylic acids is 2. The zero-order valence-electron chi connectivity index (χ0n) is 9.69. The molecule has 0 saturated carbocycles. The van der Waals surface area contributed by atoms with Crippen LogP contribution in [0.5, 0.6) is 0 Å². The Kier molecular flexibility index (Phi) is 3.20. The molecule has 0 saturated heterocycles. The molecule has 8 heteroatoms. The second kappa shape index (κ2) is 4.58. The Morgan fingerprint density at radius 2 is 1.70 bits per heavy atom. The highest BCUT2D eigenvalue weighted by Gasteiger charge is 2.19. The number of hydrogen-bond donors (Lipinski definition) is 3. The molecule has 0 aliphatic rings. The Labute approximate surface area is 112 Å². The van der Waals surface area contributed by atoms with Gasteiger partial charge in [0.05, 0.1) is 11.1 Å². The van der Waals surface area contributed by atoms with Crippen LogP contribution in [0.15, 0.2) is 29.2 Å². The molecular formula is C12H7O7S. The molecule has 3 N–H and O–H groups in total. The van der Waals surface area contributed by atoms with Crippen molar-refractivity contribution in [2.75, 3.05) is 0 Å². The zero-order valence-corrected chi connectivity index (χ0v) is 10.5. The predicted molar refractivity (Wildman–Crippen MR) is 66.5 cm³/mol. The molecule has 0 bridgehead atoms. The van der Waals surface area contributed by atoms with Gasteiger partial charge in [0, 0.05) is 11.5 Å². The molecule has 1 radical (unpaired) electrons. The summed E-state index contributed by atoms with van der Waals surface area (Å²) >= 11 is 0. The Morgan fingerprint density at radius 1 is 1.05 bits per heavy atom. The maximum Gasteiger partial charge on any atom is 0.336 e. The molecular weight excluding hydrogens is 288 g/mol. The maximum absolute atomic E-state index is 11.3. The summed E-state index contributed by atoms with van der Waals surface area (Å²) < 4.78 is 31.7. The van der Waals surface area contributed by atoms with Crippen LogP contribution in [0.4, 0.5) is 0 Å². The summed E-state index contributed by atoms with van der Waals surface area (Å²) in [6, 6.07) is 6.56. The van der Waals surface area contributed by atoms with Crippen LogP contribution in [-0.2, 0) is 10.1 Å². The van der Waals surface area contributed by atoms with Crippen molar-refractivity contribution in [3.63, 3.8) is 0 Å². The molecule has 20 heavy (non-hydrogen) atoms. The fraction of sp³-hybridized carbons (Fsp3) is 0. The van der Waals surface area contributed by atoms with Crippen LogP contribution in [0, 0.1) is 6.07 Å². The zero-order chi connectivity index (χ0) is 15.1. The fourth-order valence-electron chi connectivity index (χ4n) is 1.71. The molecule has 2 aromatic rings. The van der Waals surface area contributed by atoms with Crippen LogP contribution in [-0.4, -0.2) is 35.1 Å². The van der Waals surface area contributed by atoms with Crippen LogP contribution >= 0.6 is 0 Å². The average Bonchev–Trinajstić information content (AvgIpc) is 2.35. The minimum absolute atomic E-state index is 0.0116. The lowest BCUT2D eigenvalue weighted by Gasteiger charge is -2.06. The van der Waals surface area contributed by atoms with Gasteiger partial charge in [0.2, 0.25) is 0 Å². The number of rotatable bonds is 3. The van der Waals surface area contributed by atoms with Crippen molar-refractivity contribution in [2.45, 2.75) is 4.90 Å². The van der Waals surface area contributed by atoms with Gasteiger partial charge in [-0.3, -0.25) is 4.55 Å². The summed E-state index contributed by atoms with van der Waals surface area (Å²) in [5.74, 6) is -2.70. The van der Waals surface area contributed by atoms with E-state index in [1.807, 2.05) is 0 Å². The fourth-order valence-corrected chi connectivity index (χ4v) is 2.44. The van der Waals surface area contributed by atoms with Crippen LogP contribution in [0.2, 0.25) is 0 Å². The first-order valence-electron chi connectivity index (χ1n) is 5.14. The highest BCUT2D eigenvalue weighted by molar-refractivity contribution is 7.86. The van der Waals surface area contributed by atoms with Gasteiger partial charge in [0.1, 0.15) is 4.90 Å². The van der Waals surface area contributed by atoms with Crippen molar-refractivity contribution < 1.29 is 32.8 Å². The van der Waals surface area contributed by atoms with E-state index in [-0.39, 0.29) is 16.3 Å². The van der Waals surface area contributed by atoms with Crippen molar-refractivity contribution >= 4 is 32.8 Å². The first kappa shape index (κ1) is 14.0. The van der Waals surface area contributed by atoms with E-state index in [1.165, 1.54) is 6.07 Å². The highest BCUT2D eigenvalue weighted by Crippen LogP contribution is 2.26. The average molecular weight is 295 g/mol. The summed E-state index contributed by atoms with van der Waals surface area (Å²) in [7, 11) is -4.65. The molecule has 0 heterocycles. The van der Waals surface area contributed by atoms with E-state index in [4.69, 9.17) is 14.8 Å². The van der Waals surface area contributed by atoms with E-state index >= 15 is 0 Å². The summed E-state index contributed by atoms with van der Waals surface area (Å²) in [4.78, 5) is 21.2. The molecule has 0 aliphatic heterocycles. The van der Waals surface area contributed by atoms with Crippen molar-refractivity contribution in [1.29, 1.82) is 0 Å². The van der Waals surface area contributed by atoms with Crippen molar-refractivity contribution in [2.24, 2.45) is 0 Å². The number of carboxylic acid groups (broad SMARTS) is 2. The van der Waals surface area contributed by atoms with Gasteiger partial charge < -0.3 is 10.2 Å². The minimum Gasteiger partial charge on any atom is -0.478 e. The van der Waals surface area contributed by atoms with Crippen molar-refractivity contribution in [1.82, 2.24) is 0 Å². The van der Waals surface area contributed by atoms with Crippen molar-refractivity contribution in [3.05, 3.63) is 41.5 Å². The van der Waals surface area contributed by atoms with E-state index < -0.39 is 32.5 Å². The van der Waals surface area contributed by atoms with Gasteiger partial charge in [-0.15, -0.1) is 0 Å². The molecule has 0 spiro atoms. The minimum atomic E-state index is -4.65. The lowest BCUT2D eigenvalue weighted by atomic mass is 10.0. The number of hydrogen-bond acceptors (Lipinski definition) is 4. The van der Waals surface area contributed by atoms with E-state index in [1.54, 1.807) is 0 Å². The largest absolute Gasteiger partial charge is 0.478 e. The van der Waals surface area contributed by atoms with Crippen molar-refractivity contribution in [3.8, 4) is 0 Å². The van der Waals surface area contributed by atoms with E-state index in [2.05, 4.69) is 6.07 Å². The first-order valence-corrected chi connectivity index (χ1v) is 6.58. The van der Waals surface area contributed by atoms with Gasteiger partial charge in [-0.05, 0) is 23.6 Å². The summed E-state index contributed by atoms with van der Waals surface area (Å²) in [6.45, 7) is 0. The summed E-state index contributed by atoms with van der Waals surface area (Å²) in [5, 5.41) is 17.7. The molecule has 0 aromatic heterocycles. The molecule has 0 aliphatic carbocycles. The van der Waals surface area contributed by atoms with Gasteiger partial charge in [-0.2, -0.15) is 8.42 Å². The van der Waals surface area contributed by atoms with Crippen LogP contribution in [0.3, 0.4) is 0 Å². The van der Waals surface area contributed by atoms with Gasteiger partial charge in [0.15, 0.2) is 0 Å². The second-order valence-corrected chi connectivity index (χ2v) is 5.28. The third-order valence-corrected chi connectivity index (χ3v) is 3.48. The lowest BCUT2D eigenvalue weighted by molar-refractivity contribution is 0.0686. The van der Waals surface area contributed by atoms with Crippen LogP contribution in [0.1, 0.15) is 20.7 Å². The van der Waals surface area contributed by atoms with Crippen LogP contribution < -0.4 is 0 Å². The van der Waals surface area contributed by atoms with E-state index in [0.717, 1.165) is 18.2 Å². The molecule has 2 rings (SSSR count). The Hall–Kier alpha value is -2.45. The van der Waals surface area contributed by atoms with Gasteiger partial charge in [-0.25, -0.2) is 9.59 Å². The summed E-state index contributed by atoms with van der Waals surface area (Å²) in [5.41, 5.74) is -0.648. The monoisotopic (exact) mass is 295 g/mol. The van der Waals surface area contributed by atoms with Gasteiger partial charge in [-0.1, -0.05) is 6.07 Å². The van der Waals surface area contributed by atoms with E-state index in [0.29, 0.717) is 0 Å².